The summed E-state index contributed by atoms with van der Waals surface area (Å²) in [5, 5.41) is 1.89. The van der Waals surface area contributed by atoms with E-state index in [0.717, 1.165) is 59.5 Å². The van der Waals surface area contributed by atoms with Crippen molar-refractivity contribution in [2.45, 2.75) is 65.2 Å². The largest absolute Gasteiger partial charge is 0.493 e. The summed E-state index contributed by atoms with van der Waals surface area (Å²) in [6, 6.07) is 15.7. The summed E-state index contributed by atoms with van der Waals surface area (Å²) >= 11 is 1.40. The van der Waals surface area contributed by atoms with Gasteiger partial charge < -0.3 is 14.2 Å². The maximum absolute atomic E-state index is 13.0. The summed E-state index contributed by atoms with van der Waals surface area (Å²) in [5.41, 5.74) is 4.32. The number of carbonyl (C=O) groups is 1. The normalized spacial score (nSPS) is 14.5. The topological polar surface area (TPSA) is 57.1 Å². The molecule has 0 radical (unpaired) electrons. The smallest absolute Gasteiger partial charge is 0.287 e. The van der Waals surface area contributed by atoms with Crippen LogP contribution < -0.4 is 14.2 Å². The van der Waals surface area contributed by atoms with Crippen LogP contribution >= 0.6 is 11.3 Å². The van der Waals surface area contributed by atoms with E-state index in [1.54, 1.807) is 6.07 Å². The number of thiophene rings is 1. The molecule has 0 saturated carbocycles. The molecule has 1 aromatic heterocycles. The van der Waals surface area contributed by atoms with Crippen LogP contribution in [0, 0.1) is 0 Å². The Labute approximate surface area is 253 Å². The van der Waals surface area contributed by atoms with Crippen LogP contribution in [0.15, 0.2) is 88.8 Å². The SMILES string of the molecule is CCCCCCOc1ccc2c(c1)Oc1cc(OCCCCCC)ccc1C2=C1C=CC=CC1=NC(=O)c1cccs1. The fraction of sp³-hybridized carbons (Fsp3) is 0.333. The van der Waals surface area contributed by atoms with E-state index in [0.29, 0.717) is 35.3 Å². The summed E-state index contributed by atoms with van der Waals surface area (Å²) in [6.45, 7) is 5.77. The molecule has 2 aliphatic rings. The first kappa shape index (κ1) is 29.6. The zero-order valence-electron chi connectivity index (χ0n) is 24.6. The molecular formula is C36H39NO4S. The number of rotatable bonds is 13. The van der Waals surface area contributed by atoms with Crippen molar-refractivity contribution in [2.24, 2.45) is 4.99 Å². The maximum Gasteiger partial charge on any atom is 0.287 e. The number of amides is 1. The molecule has 1 aliphatic carbocycles. The Morgan fingerprint density at radius 3 is 1.98 bits per heavy atom. The molecule has 0 unspecified atom stereocenters. The summed E-state index contributed by atoms with van der Waals surface area (Å²) in [4.78, 5) is 18.2. The monoisotopic (exact) mass is 581 g/mol. The lowest BCUT2D eigenvalue weighted by Crippen LogP contribution is -2.11. The van der Waals surface area contributed by atoms with Gasteiger partial charge in [-0.15, -0.1) is 11.3 Å². The lowest BCUT2D eigenvalue weighted by atomic mass is 9.86. The van der Waals surface area contributed by atoms with E-state index >= 15 is 0 Å². The fourth-order valence-corrected chi connectivity index (χ4v) is 5.71. The Bertz CT molecular complexity index is 1430. The van der Waals surface area contributed by atoms with E-state index in [4.69, 9.17) is 14.2 Å². The number of benzene rings is 2. The first-order valence-electron chi connectivity index (χ1n) is 15.2. The first-order valence-corrected chi connectivity index (χ1v) is 16.0. The molecule has 0 spiro atoms. The van der Waals surface area contributed by atoms with Crippen LogP contribution in [0.25, 0.3) is 5.57 Å². The zero-order chi connectivity index (χ0) is 29.1. The van der Waals surface area contributed by atoms with Crippen LogP contribution in [0.2, 0.25) is 0 Å². The molecule has 2 aromatic carbocycles. The first-order chi connectivity index (χ1) is 20.7. The van der Waals surface area contributed by atoms with Crippen LogP contribution in [0.3, 0.4) is 0 Å². The Kier molecular flexibility index (Phi) is 10.4. The molecule has 6 heteroatoms. The van der Waals surface area contributed by atoms with Gasteiger partial charge in [-0.1, -0.05) is 76.7 Å². The van der Waals surface area contributed by atoms with Crippen molar-refractivity contribution in [3.63, 3.8) is 0 Å². The second-order valence-corrected chi connectivity index (χ2v) is 11.5. The third-order valence-electron chi connectivity index (χ3n) is 7.33. The van der Waals surface area contributed by atoms with Gasteiger partial charge in [-0.25, -0.2) is 4.99 Å². The van der Waals surface area contributed by atoms with Gasteiger partial charge in [0.25, 0.3) is 5.91 Å². The number of nitrogens with zero attached hydrogens (tertiary/aromatic N) is 1. The number of hydrogen-bond donors (Lipinski definition) is 0. The average Bonchev–Trinajstić information content (AvgIpc) is 3.56. The van der Waals surface area contributed by atoms with Crippen molar-refractivity contribution < 1.29 is 19.0 Å². The molecule has 5 nitrogen and oxygen atoms in total. The highest BCUT2D eigenvalue weighted by atomic mass is 32.1. The van der Waals surface area contributed by atoms with Gasteiger partial charge in [0.05, 0.1) is 23.8 Å². The molecule has 1 aliphatic heterocycles. The molecule has 5 rings (SSSR count). The molecule has 3 aromatic rings. The van der Waals surface area contributed by atoms with Crippen molar-refractivity contribution in [2.75, 3.05) is 13.2 Å². The standard InChI is InChI=1S/C36H39NO4S/c1-3-5-7-11-21-39-26-17-19-29-32(24-26)41-33-25-27(40-22-12-8-6-4-2)18-20-30(33)35(29)28-14-9-10-15-31(28)37-36(38)34-16-13-23-42-34/h9-10,13-20,23-25H,3-8,11-12,21-22H2,1-2H3. The minimum Gasteiger partial charge on any atom is -0.493 e. The number of allylic oxidation sites excluding steroid dienone is 5. The molecule has 42 heavy (non-hydrogen) atoms. The third kappa shape index (κ3) is 7.29. The van der Waals surface area contributed by atoms with Gasteiger partial charge in [0.2, 0.25) is 0 Å². The van der Waals surface area contributed by atoms with E-state index in [2.05, 4.69) is 18.8 Å². The molecule has 0 saturated heterocycles. The van der Waals surface area contributed by atoms with Crippen LogP contribution in [0.4, 0.5) is 0 Å². The Hall–Kier alpha value is -3.90. The van der Waals surface area contributed by atoms with Crippen LogP contribution in [-0.4, -0.2) is 24.8 Å². The zero-order valence-corrected chi connectivity index (χ0v) is 25.4. The number of hydrogen-bond acceptors (Lipinski definition) is 5. The van der Waals surface area contributed by atoms with E-state index in [-0.39, 0.29) is 5.91 Å². The number of ether oxygens (including phenoxy) is 3. The van der Waals surface area contributed by atoms with E-state index in [9.17, 15) is 4.79 Å². The highest BCUT2D eigenvalue weighted by Crippen LogP contribution is 2.48. The molecular weight excluding hydrogens is 542 g/mol. The Morgan fingerprint density at radius 1 is 0.786 bits per heavy atom. The average molecular weight is 582 g/mol. The molecule has 0 N–H and O–H groups in total. The van der Waals surface area contributed by atoms with Crippen LogP contribution in [0.1, 0.15) is 86.0 Å². The van der Waals surface area contributed by atoms with Crippen molar-refractivity contribution >= 4 is 28.5 Å². The minimum atomic E-state index is -0.246. The molecule has 1 amide bonds. The summed E-state index contributed by atoms with van der Waals surface area (Å²) in [5.74, 6) is 2.74. The number of carbonyl (C=O) groups excluding carboxylic acids is 1. The maximum atomic E-state index is 13.0. The van der Waals surface area contributed by atoms with Crippen LogP contribution in [-0.2, 0) is 0 Å². The molecule has 2 heterocycles. The van der Waals surface area contributed by atoms with Crippen molar-refractivity contribution in [1.82, 2.24) is 0 Å². The van der Waals surface area contributed by atoms with Crippen molar-refractivity contribution in [1.29, 1.82) is 0 Å². The van der Waals surface area contributed by atoms with Gasteiger partial charge in [0, 0.05) is 34.4 Å². The summed E-state index contributed by atoms with van der Waals surface area (Å²) in [6.07, 6.45) is 17.0. The lowest BCUT2D eigenvalue weighted by Gasteiger charge is -2.26. The predicted molar refractivity (Wildman–Crippen MR) is 173 cm³/mol. The highest BCUT2D eigenvalue weighted by Gasteiger charge is 2.27. The minimum absolute atomic E-state index is 0.246. The molecule has 0 fully saturated rings. The van der Waals surface area contributed by atoms with Gasteiger partial charge in [-0.3, -0.25) is 4.79 Å². The fourth-order valence-electron chi connectivity index (χ4n) is 5.11. The van der Waals surface area contributed by atoms with Crippen LogP contribution in [0.5, 0.6) is 23.0 Å². The Morgan fingerprint density at radius 2 is 1.40 bits per heavy atom. The predicted octanol–water partition coefficient (Wildman–Crippen LogP) is 9.98. The third-order valence-corrected chi connectivity index (χ3v) is 8.18. The van der Waals surface area contributed by atoms with Crippen molar-refractivity contribution in [3.8, 4) is 23.0 Å². The van der Waals surface area contributed by atoms with Gasteiger partial charge in [0.15, 0.2) is 0 Å². The van der Waals surface area contributed by atoms with Crippen molar-refractivity contribution in [3.05, 3.63) is 99.8 Å². The van der Waals surface area contributed by atoms with Gasteiger partial charge >= 0.3 is 0 Å². The second-order valence-electron chi connectivity index (χ2n) is 10.5. The number of unbranched alkanes of at least 4 members (excludes halogenated alkanes) is 6. The molecule has 218 valence electrons. The lowest BCUT2D eigenvalue weighted by molar-refractivity contribution is 0.101. The number of aliphatic imine (C=N–C) groups is 1. The van der Waals surface area contributed by atoms with E-state index in [1.807, 2.05) is 72.1 Å². The second kappa shape index (κ2) is 14.8. The quantitative estimate of drug-likeness (QED) is 0.147. The molecule has 0 atom stereocenters. The highest BCUT2D eigenvalue weighted by molar-refractivity contribution is 7.12. The number of fused-ring (bicyclic) bond motifs is 2. The Balaban J connectivity index is 1.51. The van der Waals surface area contributed by atoms with E-state index in [1.165, 1.54) is 37.0 Å². The summed E-state index contributed by atoms with van der Waals surface area (Å²) < 4.78 is 18.7. The van der Waals surface area contributed by atoms with E-state index < -0.39 is 0 Å². The summed E-state index contributed by atoms with van der Waals surface area (Å²) in [7, 11) is 0. The molecule has 0 bridgehead atoms. The van der Waals surface area contributed by atoms with Gasteiger partial charge in [-0.05, 0) is 54.6 Å². The van der Waals surface area contributed by atoms with Gasteiger partial charge in [-0.2, -0.15) is 0 Å². The van der Waals surface area contributed by atoms with Gasteiger partial charge in [0.1, 0.15) is 23.0 Å².